The molecule has 0 bridgehead atoms. The molecule has 3 atom stereocenters. The van der Waals surface area contributed by atoms with Gasteiger partial charge in [0.2, 0.25) is 0 Å². The molecule has 1 aliphatic carbocycles. The number of hydrogen-bond acceptors (Lipinski definition) is 3. The first-order valence-electron chi connectivity index (χ1n) is 5.71. The van der Waals surface area contributed by atoms with Gasteiger partial charge in [-0.05, 0) is 38.5 Å². The zero-order valence-corrected chi connectivity index (χ0v) is 10.4. The van der Waals surface area contributed by atoms with Crippen LogP contribution in [0.15, 0.2) is 0 Å². The molecule has 1 aliphatic rings. The summed E-state index contributed by atoms with van der Waals surface area (Å²) < 4.78 is 0. The van der Waals surface area contributed by atoms with Crippen LogP contribution in [0, 0.1) is 23.7 Å². The Morgan fingerprint density at radius 2 is 1.39 bits per heavy atom. The van der Waals surface area contributed by atoms with E-state index in [4.69, 9.17) is 0 Å². The molecule has 1 rings (SSSR count). The minimum atomic E-state index is -0.537. The van der Waals surface area contributed by atoms with Crippen LogP contribution in [-0.2, 0) is 9.59 Å². The van der Waals surface area contributed by atoms with Gasteiger partial charge in [0.1, 0.15) is 0 Å². The van der Waals surface area contributed by atoms with Crippen molar-refractivity contribution in [3.8, 4) is 23.7 Å². The molecule has 0 aliphatic heterocycles. The molecule has 18 heavy (non-hydrogen) atoms. The van der Waals surface area contributed by atoms with Crippen molar-refractivity contribution >= 4 is 11.8 Å². The van der Waals surface area contributed by atoms with Crippen molar-refractivity contribution in [3.05, 3.63) is 0 Å². The number of carbonyl (C=O) groups excluding carboxylic acids is 2. The van der Waals surface area contributed by atoms with Crippen LogP contribution in [0.5, 0.6) is 0 Å². The average Bonchev–Trinajstić information content (AvgIpc) is 2.59. The summed E-state index contributed by atoms with van der Waals surface area (Å²) in [5.74, 6) is 8.91. The molecule has 0 radical (unpaired) electrons. The third-order valence-electron chi connectivity index (χ3n) is 2.65. The van der Waals surface area contributed by atoms with Crippen molar-refractivity contribution in [2.45, 2.75) is 44.9 Å². The Morgan fingerprint density at radius 3 is 1.72 bits per heavy atom. The lowest BCUT2D eigenvalue weighted by Crippen LogP contribution is -2.48. The zero-order valence-electron chi connectivity index (χ0n) is 10.4. The van der Waals surface area contributed by atoms with Gasteiger partial charge in [0.05, 0.1) is 18.2 Å². The van der Waals surface area contributed by atoms with E-state index in [2.05, 4.69) is 34.3 Å². The first kappa shape index (κ1) is 14.1. The molecule has 0 heterocycles. The van der Waals surface area contributed by atoms with Gasteiger partial charge in [-0.1, -0.05) is 11.8 Å². The smallest absolute Gasteiger partial charge is 0.296 e. The van der Waals surface area contributed by atoms with Gasteiger partial charge in [-0.15, -0.1) is 0 Å². The zero-order chi connectivity index (χ0) is 13.5. The minimum absolute atomic E-state index is 0.309. The standard InChI is InChI=1S/C13H16N2O3/c1-3-5-12(17)14-10-7-9(16)8-11(10)15-13(18)6-4-2/h9-11,16H,7-8H2,1-2H3,(H,14,17)(H,15,18)/t9?,10-,11+. The fourth-order valence-corrected chi connectivity index (χ4v) is 1.97. The molecule has 0 aromatic heterocycles. The second-order valence-corrected chi connectivity index (χ2v) is 4.04. The Hall–Kier alpha value is -1.98. The van der Waals surface area contributed by atoms with E-state index in [0.717, 1.165) is 0 Å². The van der Waals surface area contributed by atoms with Gasteiger partial charge in [0, 0.05) is 0 Å². The number of amides is 2. The van der Waals surface area contributed by atoms with Gasteiger partial charge in [-0.25, -0.2) is 0 Å². The van der Waals surface area contributed by atoms with Crippen molar-refractivity contribution in [1.82, 2.24) is 10.6 Å². The maximum Gasteiger partial charge on any atom is 0.296 e. The molecule has 0 saturated heterocycles. The van der Waals surface area contributed by atoms with Crippen LogP contribution >= 0.6 is 0 Å². The SMILES string of the molecule is CC#CC(=O)N[C@H]1CC(O)C[C@H]1NC(=O)C#CC. The monoisotopic (exact) mass is 248 g/mol. The first-order valence-corrected chi connectivity index (χ1v) is 5.71. The van der Waals surface area contributed by atoms with E-state index in [1.54, 1.807) is 13.8 Å². The quantitative estimate of drug-likeness (QED) is 0.557. The molecule has 0 aromatic rings. The number of rotatable bonds is 2. The van der Waals surface area contributed by atoms with Crippen LogP contribution in [0.3, 0.4) is 0 Å². The lowest BCUT2D eigenvalue weighted by molar-refractivity contribution is -0.118. The predicted octanol–water partition coefficient (Wildman–Crippen LogP) is -0.843. The number of aliphatic hydroxyl groups is 1. The second-order valence-electron chi connectivity index (χ2n) is 4.04. The normalized spacial score (nSPS) is 25.2. The van der Waals surface area contributed by atoms with Crippen molar-refractivity contribution in [2.75, 3.05) is 0 Å². The summed E-state index contributed by atoms with van der Waals surface area (Å²) in [6.45, 7) is 3.14. The molecule has 0 spiro atoms. The minimum Gasteiger partial charge on any atom is -0.393 e. The summed E-state index contributed by atoms with van der Waals surface area (Å²) >= 11 is 0. The maximum atomic E-state index is 11.4. The van der Waals surface area contributed by atoms with E-state index in [1.165, 1.54) is 0 Å². The molecular formula is C13H16N2O3. The number of aliphatic hydroxyl groups excluding tert-OH is 1. The fraction of sp³-hybridized carbons (Fsp3) is 0.538. The van der Waals surface area contributed by atoms with E-state index in [9.17, 15) is 14.7 Å². The van der Waals surface area contributed by atoms with E-state index in [0.29, 0.717) is 12.8 Å². The number of carbonyl (C=O) groups is 2. The highest BCUT2D eigenvalue weighted by molar-refractivity contribution is 5.94. The molecule has 1 saturated carbocycles. The van der Waals surface area contributed by atoms with Gasteiger partial charge in [0.25, 0.3) is 11.8 Å². The van der Waals surface area contributed by atoms with E-state index >= 15 is 0 Å². The van der Waals surface area contributed by atoms with Crippen LogP contribution in [0.1, 0.15) is 26.7 Å². The van der Waals surface area contributed by atoms with Gasteiger partial charge in [-0.3, -0.25) is 9.59 Å². The second kappa shape index (κ2) is 6.68. The van der Waals surface area contributed by atoms with Gasteiger partial charge in [-0.2, -0.15) is 0 Å². The van der Waals surface area contributed by atoms with Crippen LogP contribution in [0.25, 0.3) is 0 Å². The lowest BCUT2D eigenvalue weighted by atomic mass is 10.1. The summed E-state index contributed by atoms with van der Waals surface area (Å²) in [6.07, 6.45) is 0.272. The fourth-order valence-electron chi connectivity index (χ4n) is 1.97. The summed E-state index contributed by atoms with van der Waals surface area (Å²) in [5, 5.41) is 14.9. The Labute approximate surface area is 106 Å². The average molecular weight is 248 g/mol. The number of hydrogen-bond donors (Lipinski definition) is 3. The van der Waals surface area contributed by atoms with E-state index in [1.807, 2.05) is 0 Å². The van der Waals surface area contributed by atoms with E-state index in [-0.39, 0.29) is 12.1 Å². The summed E-state index contributed by atoms with van der Waals surface area (Å²) in [4.78, 5) is 22.7. The highest BCUT2D eigenvalue weighted by Crippen LogP contribution is 2.19. The molecule has 5 heteroatoms. The van der Waals surface area contributed by atoms with Crippen molar-refractivity contribution in [2.24, 2.45) is 0 Å². The number of nitrogens with one attached hydrogen (secondary N) is 2. The predicted molar refractivity (Wildman–Crippen MR) is 66.0 cm³/mol. The Balaban J connectivity index is 2.62. The summed E-state index contributed by atoms with van der Waals surface area (Å²) in [6, 6.07) is -0.619. The maximum absolute atomic E-state index is 11.4. The molecule has 5 nitrogen and oxygen atoms in total. The Bertz CT molecular complexity index is 408. The topological polar surface area (TPSA) is 78.4 Å². The molecule has 2 amide bonds. The lowest BCUT2D eigenvalue weighted by Gasteiger charge is -2.19. The highest BCUT2D eigenvalue weighted by Gasteiger charge is 2.34. The largest absolute Gasteiger partial charge is 0.393 e. The third kappa shape index (κ3) is 4.12. The van der Waals surface area contributed by atoms with Crippen molar-refractivity contribution in [3.63, 3.8) is 0 Å². The van der Waals surface area contributed by atoms with Crippen LogP contribution < -0.4 is 10.6 Å². The van der Waals surface area contributed by atoms with Crippen LogP contribution in [-0.4, -0.2) is 35.1 Å². The van der Waals surface area contributed by atoms with Crippen molar-refractivity contribution < 1.29 is 14.7 Å². The van der Waals surface area contributed by atoms with Gasteiger partial charge in [0.15, 0.2) is 0 Å². The third-order valence-corrected chi connectivity index (χ3v) is 2.65. The highest BCUT2D eigenvalue weighted by atomic mass is 16.3. The Kier molecular flexibility index (Phi) is 5.23. The first-order chi connectivity index (χ1) is 8.56. The Morgan fingerprint density at radius 1 is 1.00 bits per heavy atom. The molecule has 3 N–H and O–H groups in total. The van der Waals surface area contributed by atoms with E-state index < -0.39 is 17.9 Å². The van der Waals surface area contributed by atoms with Crippen LogP contribution in [0.2, 0.25) is 0 Å². The van der Waals surface area contributed by atoms with Crippen LogP contribution in [0.4, 0.5) is 0 Å². The summed E-state index contributed by atoms with van der Waals surface area (Å²) in [7, 11) is 0. The van der Waals surface area contributed by atoms with Gasteiger partial charge < -0.3 is 15.7 Å². The molecule has 1 unspecified atom stereocenters. The van der Waals surface area contributed by atoms with Gasteiger partial charge >= 0.3 is 0 Å². The summed E-state index contributed by atoms with van der Waals surface area (Å²) in [5.41, 5.74) is 0. The molecule has 1 fully saturated rings. The molecule has 96 valence electrons. The molecule has 0 aromatic carbocycles. The van der Waals surface area contributed by atoms with Crippen molar-refractivity contribution in [1.29, 1.82) is 0 Å². The molecular weight excluding hydrogens is 232 g/mol.